The molecule has 0 aliphatic heterocycles. The van der Waals surface area contributed by atoms with E-state index in [9.17, 15) is 4.79 Å². The van der Waals surface area contributed by atoms with Gasteiger partial charge in [-0.3, -0.25) is 4.79 Å². The number of benzene rings is 2. The van der Waals surface area contributed by atoms with E-state index < -0.39 is 0 Å². The summed E-state index contributed by atoms with van der Waals surface area (Å²) in [6.07, 6.45) is 4.53. The smallest absolute Gasteiger partial charge is 0.251 e. The molecular formula is C25H33NO3. The van der Waals surface area contributed by atoms with E-state index in [1.807, 2.05) is 43.3 Å². The van der Waals surface area contributed by atoms with Crippen LogP contribution in [0.15, 0.2) is 42.5 Å². The van der Waals surface area contributed by atoms with Crippen molar-refractivity contribution in [2.75, 3.05) is 6.61 Å². The molecule has 1 N–H and O–H groups in total. The highest BCUT2D eigenvalue weighted by molar-refractivity contribution is 5.94. The van der Waals surface area contributed by atoms with Gasteiger partial charge in [0.25, 0.3) is 5.91 Å². The van der Waals surface area contributed by atoms with Gasteiger partial charge < -0.3 is 14.8 Å². The normalized spacial score (nSPS) is 14.6. The Labute approximate surface area is 174 Å². The minimum atomic E-state index is -0.0173. The van der Waals surface area contributed by atoms with Crippen molar-refractivity contribution in [2.24, 2.45) is 0 Å². The summed E-state index contributed by atoms with van der Waals surface area (Å²) in [5.74, 6) is 1.61. The first-order valence-electron chi connectivity index (χ1n) is 10.7. The molecule has 0 radical (unpaired) electrons. The van der Waals surface area contributed by atoms with Crippen molar-refractivity contribution in [1.82, 2.24) is 5.32 Å². The van der Waals surface area contributed by atoms with Crippen LogP contribution in [0.5, 0.6) is 11.5 Å². The lowest BCUT2D eigenvalue weighted by molar-refractivity contribution is 0.0937. The summed E-state index contributed by atoms with van der Waals surface area (Å²) in [6, 6.07) is 14.0. The number of amides is 1. The largest absolute Gasteiger partial charge is 0.493 e. The van der Waals surface area contributed by atoms with E-state index in [4.69, 9.17) is 9.47 Å². The predicted molar refractivity (Wildman–Crippen MR) is 117 cm³/mol. The Hall–Kier alpha value is -2.49. The van der Waals surface area contributed by atoms with Crippen molar-refractivity contribution in [3.63, 3.8) is 0 Å². The van der Waals surface area contributed by atoms with Crippen molar-refractivity contribution in [1.29, 1.82) is 0 Å². The Morgan fingerprint density at radius 2 is 1.76 bits per heavy atom. The number of carbonyl (C=O) groups is 1. The molecule has 3 rings (SSSR count). The summed E-state index contributed by atoms with van der Waals surface area (Å²) in [5.41, 5.74) is 2.69. The molecule has 1 saturated carbocycles. The second-order valence-electron chi connectivity index (χ2n) is 8.75. The minimum absolute atomic E-state index is 0.0115. The van der Waals surface area contributed by atoms with Gasteiger partial charge in [-0.25, -0.2) is 0 Å². The van der Waals surface area contributed by atoms with Crippen LogP contribution in [0.1, 0.15) is 74.9 Å². The molecular weight excluding hydrogens is 362 g/mol. The fourth-order valence-corrected chi connectivity index (χ4v) is 3.84. The first kappa shape index (κ1) is 21.2. The molecule has 0 unspecified atom stereocenters. The Morgan fingerprint density at radius 3 is 2.45 bits per heavy atom. The fraction of sp³-hybridized carbons (Fsp3) is 0.480. The van der Waals surface area contributed by atoms with Crippen molar-refractivity contribution < 1.29 is 14.3 Å². The Bertz CT molecular complexity index is 832. The lowest BCUT2D eigenvalue weighted by Gasteiger charge is -2.23. The molecule has 2 aromatic carbocycles. The van der Waals surface area contributed by atoms with E-state index in [-0.39, 0.29) is 11.3 Å². The van der Waals surface area contributed by atoms with Crippen LogP contribution in [-0.4, -0.2) is 18.6 Å². The van der Waals surface area contributed by atoms with Crippen LogP contribution in [0.4, 0.5) is 0 Å². The monoisotopic (exact) mass is 395 g/mol. The maximum Gasteiger partial charge on any atom is 0.251 e. The molecule has 1 amide bonds. The molecule has 156 valence electrons. The van der Waals surface area contributed by atoms with Crippen LogP contribution in [-0.2, 0) is 12.0 Å². The van der Waals surface area contributed by atoms with Gasteiger partial charge in [0.2, 0.25) is 0 Å². The van der Waals surface area contributed by atoms with E-state index in [0.29, 0.717) is 24.8 Å². The lowest BCUT2D eigenvalue weighted by atomic mass is 9.86. The number of para-hydroxylation sites is 1. The zero-order valence-electron chi connectivity index (χ0n) is 18.1. The summed E-state index contributed by atoms with van der Waals surface area (Å²) in [5, 5.41) is 3.16. The average Bonchev–Trinajstić information content (AvgIpc) is 3.20. The van der Waals surface area contributed by atoms with E-state index in [1.165, 1.54) is 12.8 Å². The number of rotatable bonds is 7. The number of hydrogen-bond donors (Lipinski definition) is 1. The Balaban J connectivity index is 1.79. The summed E-state index contributed by atoms with van der Waals surface area (Å²) in [6.45, 7) is 9.41. The van der Waals surface area contributed by atoms with Crippen molar-refractivity contribution in [3.05, 3.63) is 59.2 Å². The molecule has 4 nitrogen and oxygen atoms in total. The van der Waals surface area contributed by atoms with Crippen molar-refractivity contribution >= 4 is 5.91 Å². The molecule has 0 bridgehead atoms. The highest BCUT2D eigenvalue weighted by Crippen LogP contribution is 2.32. The topological polar surface area (TPSA) is 47.6 Å². The van der Waals surface area contributed by atoms with Gasteiger partial charge in [-0.2, -0.15) is 0 Å². The van der Waals surface area contributed by atoms with Crippen LogP contribution in [0.2, 0.25) is 0 Å². The maximum atomic E-state index is 12.7. The van der Waals surface area contributed by atoms with Gasteiger partial charge in [0, 0.05) is 17.2 Å². The summed E-state index contributed by atoms with van der Waals surface area (Å²) >= 11 is 0. The highest BCUT2D eigenvalue weighted by Gasteiger charge is 2.20. The SMILES string of the molecule is CCOc1ccc(C(=O)NC2CCCC2)cc1COc1ccccc1C(C)(C)C. The van der Waals surface area contributed by atoms with E-state index in [0.717, 1.165) is 35.5 Å². The first-order valence-corrected chi connectivity index (χ1v) is 10.7. The quantitative estimate of drug-likeness (QED) is 0.660. The molecule has 0 atom stereocenters. The third kappa shape index (κ3) is 5.53. The van der Waals surface area contributed by atoms with Gasteiger partial charge in [-0.15, -0.1) is 0 Å². The minimum Gasteiger partial charge on any atom is -0.493 e. The first-order chi connectivity index (χ1) is 13.9. The molecule has 1 aliphatic rings. The molecule has 1 aliphatic carbocycles. The fourth-order valence-electron chi connectivity index (χ4n) is 3.84. The number of hydrogen-bond acceptors (Lipinski definition) is 3. The van der Waals surface area contributed by atoms with Gasteiger partial charge in [0.15, 0.2) is 0 Å². The van der Waals surface area contributed by atoms with Gasteiger partial charge in [-0.1, -0.05) is 51.8 Å². The zero-order valence-corrected chi connectivity index (χ0v) is 18.1. The number of ether oxygens (including phenoxy) is 2. The van der Waals surface area contributed by atoms with Crippen LogP contribution in [0.3, 0.4) is 0 Å². The number of carbonyl (C=O) groups excluding carboxylic acids is 1. The predicted octanol–water partition coefficient (Wildman–Crippen LogP) is 5.63. The molecule has 0 heterocycles. The van der Waals surface area contributed by atoms with E-state index in [2.05, 4.69) is 32.2 Å². The van der Waals surface area contributed by atoms with Gasteiger partial charge in [0.05, 0.1) is 6.61 Å². The van der Waals surface area contributed by atoms with Crippen LogP contribution >= 0.6 is 0 Å². The Morgan fingerprint density at radius 1 is 1.03 bits per heavy atom. The molecule has 2 aromatic rings. The van der Waals surface area contributed by atoms with Crippen LogP contribution in [0, 0.1) is 0 Å². The highest BCUT2D eigenvalue weighted by atomic mass is 16.5. The molecule has 4 heteroatoms. The molecule has 0 spiro atoms. The summed E-state index contributed by atoms with van der Waals surface area (Å²) in [7, 11) is 0. The van der Waals surface area contributed by atoms with E-state index >= 15 is 0 Å². The average molecular weight is 396 g/mol. The summed E-state index contributed by atoms with van der Waals surface area (Å²) < 4.78 is 12.0. The standard InChI is InChI=1S/C25H33NO3/c1-5-28-22-15-14-18(24(27)26-20-10-6-7-11-20)16-19(22)17-29-23-13-9-8-12-21(23)25(2,3)4/h8-9,12-16,20H,5-7,10-11,17H2,1-4H3,(H,26,27). The third-order valence-electron chi connectivity index (χ3n) is 5.39. The van der Waals surface area contributed by atoms with Crippen molar-refractivity contribution in [3.8, 4) is 11.5 Å². The van der Waals surface area contributed by atoms with Crippen LogP contribution < -0.4 is 14.8 Å². The summed E-state index contributed by atoms with van der Waals surface area (Å²) in [4.78, 5) is 12.7. The van der Waals surface area contributed by atoms with Gasteiger partial charge in [-0.05, 0) is 55.0 Å². The Kier molecular flexibility index (Phi) is 6.83. The second-order valence-corrected chi connectivity index (χ2v) is 8.75. The molecule has 1 fully saturated rings. The zero-order chi connectivity index (χ0) is 20.9. The number of nitrogens with one attached hydrogen (secondary N) is 1. The van der Waals surface area contributed by atoms with Crippen LogP contribution in [0.25, 0.3) is 0 Å². The molecule has 29 heavy (non-hydrogen) atoms. The second kappa shape index (κ2) is 9.34. The molecule has 0 aromatic heterocycles. The van der Waals surface area contributed by atoms with Crippen molar-refractivity contribution in [2.45, 2.75) is 71.4 Å². The molecule has 0 saturated heterocycles. The van der Waals surface area contributed by atoms with Gasteiger partial charge >= 0.3 is 0 Å². The maximum absolute atomic E-state index is 12.7. The van der Waals surface area contributed by atoms with E-state index in [1.54, 1.807) is 0 Å². The third-order valence-corrected chi connectivity index (χ3v) is 5.39. The van der Waals surface area contributed by atoms with Gasteiger partial charge in [0.1, 0.15) is 18.1 Å². The lowest BCUT2D eigenvalue weighted by Crippen LogP contribution is -2.32.